The normalized spacial score (nSPS) is 14.2. The van der Waals surface area contributed by atoms with Crippen LogP contribution in [0.4, 0.5) is 11.5 Å². The van der Waals surface area contributed by atoms with E-state index in [1.165, 1.54) is 7.11 Å². The summed E-state index contributed by atoms with van der Waals surface area (Å²) >= 11 is 0. The Balaban J connectivity index is 1.90. The van der Waals surface area contributed by atoms with Crippen LogP contribution in [0.5, 0.6) is 5.88 Å². The Kier molecular flexibility index (Phi) is 5.98. The maximum atomic E-state index is 12.8. The number of pyridine rings is 2. The first-order chi connectivity index (χ1) is 12.7. The van der Waals surface area contributed by atoms with Crippen molar-refractivity contribution in [2.75, 3.05) is 50.6 Å². The van der Waals surface area contributed by atoms with Crippen molar-refractivity contribution in [3.05, 3.63) is 41.7 Å². The third-order valence-electron chi connectivity index (χ3n) is 4.11. The molecule has 0 radical (unpaired) electrons. The van der Waals surface area contributed by atoms with Gasteiger partial charge in [-0.25, -0.2) is 9.97 Å². The lowest BCUT2D eigenvalue weighted by atomic mass is 10.2. The van der Waals surface area contributed by atoms with Crippen LogP contribution in [0, 0.1) is 0 Å². The van der Waals surface area contributed by atoms with Gasteiger partial charge in [0, 0.05) is 45.7 Å². The summed E-state index contributed by atoms with van der Waals surface area (Å²) in [5.74, 6) is 0.750. The SMILES string of the molecule is COCc1cnc(N2CCNCC2)c(NC(=O)c2cccnc2OC)c1. The molecule has 0 atom stereocenters. The van der Waals surface area contributed by atoms with Crippen LogP contribution in [-0.4, -0.2) is 56.3 Å². The van der Waals surface area contributed by atoms with Crippen LogP contribution in [0.15, 0.2) is 30.6 Å². The van der Waals surface area contributed by atoms with Gasteiger partial charge in [-0.1, -0.05) is 0 Å². The molecule has 1 aliphatic rings. The molecule has 0 bridgehead atoms. The summed E-state index contributed by atoms with van der Waals surface area (Å²) in [6, 6.07) is 5.28. The smallest absolute Gasteiger partial charge is 0.261 e. The molecule has 1 saturated heterocycles. The highest BCUT2D eigenvalue weighted by atomic mass is 16.5. The van der Waals surface area contributed by atoms with E-state index >= 15 is 0 Å². The van der Waals surface area contributed by atoms with Gasteiger partial charge in [-0.05, 0) is 23.8 Å². The molecule has 3 heterocycles. The van der Waals surface area contributed by atoms with Crippen molar-refractivity contribution in [1.82, 2.24) is 15.3 Å². The summed E-state index contributed by atoms with van der Waals surface area (Å²) < 4.78 is 10.4. The molecule has 1 amide bonds. The minimum atomic E-state index is -0.289. The zero-order chi connectivity index (χ0) is 18.4. The number of hydrogen-bond acceptors (Lipinski definition) is 7. The van der Waals surface area contributed by atoms with Gasteiger partial charge in [-0.15, -0.1) is 0 Å². The van der Waals surface area contributed by atoms with Crippen molar-refractivity contribution in [3.8, 4) is 5.88 Å². The quantitative estimate of drug-likeness (QED) is 0.805. The Bertz CT molecular complexity index is 762. The number of methoxy groups -OCH3 is 2. The minimum Gasteiger partial charge on any atom is -0.480 e. The lowest BCUT2D eigenvalue weighted by Gasteiger charge is -2.30. The largest absolute Gasteiger partial charge is 0.480 e. The molecule has 2 aromatic heterocycles. The van der Waals surface area contributed by atoms with Crippen LogP contribution in [0.1, 0.15) is 15.9 Å². The fraction of sp³-hybridized carbons (Fsp3) is 0.389. The minimum absolute atomic E-state index is 0.287. The summed E-state index contributed by atoms with van der Waals surface area (Å²) in [6.07, 6.45) is 3.36. The molecule has 1 fully saturated rings. The molecule has 0 unspecified atom stereocenters. The van der Waals surface area contributed by atoms with Crippen LogP contribution < -0.4 is 20.3 Å². The molecular weight excluding hydrogens is 334 g/mol. The van der Waals surface area contributed by atoms with E-state index in [4.69, 9.17) is 9.47 Å². The molecule has 3 rings (SSSR count). The highest BCUT2D eigenvalue weighted by Gasteiger charge is 2.20. The molecule has 1 aliphatic heterocycles. The van der Waals surface area contributed by atoms with E-state index in [1.54, 1.807) is 31.6 Å². The highest BCUT2D eigenvalue weighted by Crippen LogP contribution is 2.26. The Hall–Kier alpha value is -2.71. The summed E-state index contributed by atoms with van der Waals surface area (Å²) in [4.78, 5) is 23.6. The summed E-state index contributed by atoms with van der Waals surface area (Å²) in [5, 5.41) is 6.27. The molecular formula is C18H23N5O3. The number of amides is 1. The third-order valence-corrected chi connectivity index (χ3v) is 4.11. The van der Waals surface area contributed by atoms with E-state index < -0.39 is 0 Å². The van der Waals surface area contributed by atoms with Crippen LogP contribution in [-0.2, 0) is 11.3 Å². The van der Waals surface area contributed by atoms with Crippen molar-refractivity contribution in [3.63, 3.8) is 0 Å². The maximum absolute atomic E-state index is 12.8. The van der Waals surface area contributed by atoms with Gasteiger partial charge in [0.15, 0.2) is 5.82 Å². The van der Waals surface area contributed by atoms with E-state index in [0.29, 0.717) is 17.9 Å². The number of nitrogens with zero attached hydrogens (tertiary/aromatic N) is 3. The number of hydrogen-bond donors (Lipinski definition) is 2. The fourth-order valence-electron chi connectivity index (χ4n) is 2.88. The average molecular weight is 357 g/mol. The lowest BCUT2D eigenvalue weighted by molar-refractivity contribution is 0.102. The maximum Gasteiger partial charge on any atom is 0.261 e. The molecule has 0 aromatic carbocycles. The van der Waals surface area contributed by atoms with Crippen molar-refractivity contribution < 1.29 is 14.3 Å². The van der Waals surface area contributed by atoms with Gasteiger partial charge in [0.25, 0.3) is 5.91 Å². The molecule has 8 heteroatoms. The molecule has 0 aliphatic carbocycles. The molecule has 0 saturated carbocycles. The molecule has 2 N–H and O–H groups in total. The number of carbonyl (C=O) groups excluding carboxylic acids is 1. The number of ether oxygens (including phenoxy) is 2. The van der Waals surface area contributed by atoms with Crippen LogP contribution in [0.2, 0.25) is 0 Å². The summed E-state index contributed by atoms with van der Waals surface area (Å²) in [5.41, 5.74) is 1.91. The number of piperazine rings is 1. The Morgan fingerprint density at radius 3 is 2.85 bits per heavy atom. The van der Waals surface area contributed by atoms with E-state index in [9.17, 15) is 4.79 Å². The van der Waals surface area contributed by atoms with Crippen LogP contribution in [0.25, 0.3) is 0 Å². The topological polar surface area (TPSA) is 88.6 Å². The third kappa shape index (κ3) is 4.09. The van der Waals surface area contributed by atoms with Crippen molar-refractivity contribution in [1.29, 1.82) is 0 Å². The average Bonchev–Trinajstić information content (AvgIpc) is 2.69. The van der Waals surface area contributed by atoms with Gasteiger partial charge in [0.2, 0.25) is 5.88 Å². The standard InChI is InChI=1S/C18H23N5O3/c1-25-12-13-10-15(16(21-11-13)23-8-6-19-7-9-23)22-17(24)14-4-3-5-20-18(14)26-2/h3-5,10-11,19H,6-9,12H2,1-2H3,(H,22,24). The van der Waals surface area contributed by atoms with Crippen molar-refractivity contribution >= 4 is 17.4 Å². The van der Waals surface area contributed by atoms with Crippen molar-refractivity contribution in [2.24, 2.45) is 0 Å². The van der Waals surface area contributed by atoms with E-state index in [2.05, 4.69) is 25.5 Å². The Morgan fingerprint density at radius 1 is 1.31 bits per heavy atom. The van der Waals surface area contributed by atoms with Crippen LogP contribution in [0.3, 0.4) is 0 Å². The molecule has 0 spiro atoms. The number of anilines is 2. The zero-order valence-electron chi connectivity index (χ0n) is 15.0. The van der Waals surface area contributed by atoms with Gasteiger partial charge in [0.05, 0.1) is 19.4 Å². The Morgan fingerprint density at radius 2 is 2.12 bits per heavy atom. The monoisotopic (exact) mass is 357 g/mol. The summed E-state index contributed by atoms with van der Waals surface area (Å²) in [7, 11) is 3.12. The van der Waals surface area contributed by atoms with Gasteiger partial charge < -0.3 is 25.0 Å². The number of rotatable bonds is 6. The molecule has 26 heavy (non-hydrogen) atoms. The molecule has 2 aromatic rings. The fourth-order valence-corrected chi connectivity index (χ4v) is 2.88. The van der Waals surface area contributed by atoms with Gasteiger partial charge >= 0.3 is 0 Å². The highest BCUT2D eigenvalue weighted by molar-refractivity contribution is 6.07. The predicted octanol–water partition coefficient (Wildman–Crippen LogP) is 1.29. The van der Waals surface area contributed by atoms with Gasteiger partial charge in [-0.3, -0.25) is 4.79 Å². The second-order valence-corrected chi connectivity index (χ2v) is 5.90. The first-order valence-corrected chi connectivity index (χ1v) is 8.47. The van der Waals surface area contributed by atoms with E-state index in [1.807, 2.05) is 6.07 Å². The van der Waals surface area contributed by atoms with Gasteiger partial charge in [-0.2, -0.15) is 0 Å². The van der Waals surface area contributed by atoms with Crippen molar-refractivity contribution in [2.45, 2.75) is 6.61 Å². The molecule has 8 nitrogen and oxygen atoms in total. The first-order valence-electron chi connectivity index (χ1n) is 8.47. The number of aromatic nitrogens is 2. The lowest BCUT2D eigenvalue weighted by Crippen LogP contribution is -2.44. The van der Waals surface area contributed by atoms with E-state index in [-0.39, 0.29) is 11.8 Å². The van der Waals surface area contributed by atoms with E-state index in [0.717, 1.165) is 37.6 Å². The zero-order valence-corrected chi connectivity index (χ0v) is 15.0. The van der Waals surface area contributed by atoms with Crippen LogP contribution >= 0.6 is 0 Å². The van der Waals surface area contributed by atoms with Gasteiger partial charge in [0.1, 0.15) is 5.56 Å². The predicted molar refractivity (Wildman–Crippen MR) is 98.8 cm³/mol. The number of nitrogens with one attached hydrogen (secondary N) is 2. The molecule has 138 valence electrons. The number of carbonyl (C=O) groups is 1. The first kappa shape index (κ1) is 18.1. The Labute approximate surface area is 152 Å². The second-order valence-electron chi connectivity index (χ2n) is 5.90. The second kappa shape index (κ2) is 8.59. The summed E-state index contributed by atoms with van der Waals surface area (Å²) in [6.45, 7) is 3.84.